The summed E-state index contributed by atoms with van der Waals surface area (Å²) in [6.45, 7) is 3.89. The molecular weight excluding hydrogens is 348 g/mol. The van der Waals surface area contributed by atoms with Crippen molar-refractivity contribution >= 4 is 29.3 Å². The fraction of sp³-hybridized carbons (Fsp3) is 0.438. The maximum atomic E-state index is 12.3. The molecule has 1 aliphatic rings. The number of amides is 1. The van der Waals surface area contributed by atoms with Crippen molar-refractivity contribution in [1.29, 1.82) is 0 Å². The topological polar surface area (TPSA) is 71.1 Å². The molecule has 24 heavy (non-hydrogen) atoms. The normalized spacial score (nSPS) is 15.5. The summed E-state index contributed by atoms with van der Waals surface area (Å²) in [5.41, 5.74) is 0. The van der Waals surface area contributed by atoms with Crippen LogP contribution in [-0.2, 0) is 11.4 Å². The van der Waals surface area contributed by atoms with Gasteiger partial charge >= 0.3 is 0 Å². The molecule has 0 spiro atoms. The van der Waals surface area contributed by atoms with E-state index in [1.54, 1.807) is 24.3 Å². The largest absolute Gasteiger partial charge is 0.486 e. The zero-order valence-electron chi connectivity index (χ0n) is 13.4. The van der Waals surface area contributed by atoms with Gasteiger partial charge in [-0.2, -0.15) is 0 Å². The maximum Gasteiger partial charge on any atom is 0.235 e. The van der Waals surface area contributed by atoms with Crippen molar-refractivity contribution in [3.8, 4) is 5.75 Å². The van der Waals surface area contributed by atoms with Crippen molar-refractivity contribution < 1.29 is 9.53 Å². The molecule has 1 unspecified atom stereocenters. The number of hydrogen-bond acceptors (Lipinski definition) is 5. The number of rotatable bonds is 6. The van der Waals surface area contributed by atoms with Gasteiger partial charge in [-0.15, -0.1) is 5.10 Å². The van der Waals surface area contributed by atoms with Gasteiger partial charge in [-0.05, 0) is 44.0 Å². The molecule has 0 saturated carbocycles. The molecule has 1 aromatic carbocycles. The lowest BCUT2D eigenvalue weighted by molar-refractivity contribution is -0.129. The number of likely N-dealkylation sites (tertiary alicyclic amines) is 1. The van der Waals surface area contributed by atoms with E-state index < -0.39 is 0 Å². The van der Waals surface area contributed by atoms with Crippen LogP contribution in [0.5, 0.6) is 5.75 Å². The molecule has 128 valence electrons. The van der Waals surface area contributed by atoms with E-state index in [-0.39, 0.29) is 17.8 Å². The summed E-state index contributed by atoms with van der Waals surface area (Å²) in [7, 11) is 0. The number of carbonyl (C=O) groups excluding carboxylic acids is 1. The molecule has 0 aliphatic carbocycles. The maximum absolute atomic E-state index is 12.3. The summed E-state index contributed by atoms with van der Waals surface area (Å²) in [6.07, 6.45) is 2.19. The first kappa shape index (κ1) is 17.1. The summed E-state index contributed by atoms with van der Waals surface area (Å²) in [5.74, 6) is 1.48. The van der Waals surface area contributed by atoms with Gasteiger partial charge in [0.15, 0.2) is 5.82 Å². The lowest BCUT2D eigenvalue weighted by Crippen LogP contribution is -2.34. The minimum Gasteiger partial charge on any atom is -0.486 e. The van der Waals surface area contributed by atoms with E-state index in [0.717, 1.165) is 25.9 Å². The lowest BCUT2D eigenvalue weighted by atomic mass is 10.3. The number of halogens is 1. The molecule has 0 radical (unpaired) electrons. The van der Waals surface area contributed by atoms with Gasteiger partial charge in [-0.3, -0.25) is 9.89 Å². The first-order valence-corrected chi connectivity index (χ1v) is 9.12. The number of benzene rings is 1. The molecule has 6 nitrogen and oxygen atoms in total. The number of nitrogens with one attached hydrogen (secondary N) is 1. The third-order valence-corrected chi connectivity index (χ3v) is 4.95. The van der Waals surface area contributed by atoms with Gasteiger partial charge < -0.3 is 9.64 Å². The first-order valence-electron chi connectivity index (χ1n) is 7.87. The second-order valence-electron chi connectivity index (χ2n) is 5.60. The van der Waals surface area contributed by atoms with E-state index in [0.29, 0.717) is 21.8 Å². The van der Waals surface area contributed by atoms with E-state index in [1.165, 1.54) is 11.8 Å². The van der Waals surface area contributed by atoms with Crippen LogP contribution in [0.4, 0.5) is 0 Å². The average molecular weight is 367 g/mol. The standard InChI is InChI=1S/C16H19ClN4O2S/c1-11(15(22)21-8-2-3-9-21)24-16-18-14(19-20-16)10-23-13-6-4-12(17)5-7-13/h4-7,11H,2-3,8-10H2,1H3,(H,18,19,20). The molecule has 2 aromatic rings. The van der Waals surface area contributed by atoms with Gasteiger partial charge in [0.2, 0.25) is 11.1 Å². The third kappa shape index (κ3) is 4.42. The molecule has 2 heterocycles. The zero-order valence-corrected chi connectivity index (χ0v) is 14.9. The Morgan fingerprint density at radius 2 is 2.08 bits per heavy atom. The predicted molar refractivity (Wildman–Crippen MR) is 93.3 cm³/mol. The smallest absolute Gasteiger partial charge is 0.235 e. The van der Waals surface area contributed by atoms with E-state index in [1.807, 2.05) is 11.8 Å². The molecule has 1 aromatic heterocycles. The highest BCUT2D eigenvalue weighted by molar-refractivity contribution is 8.00. The molecule has 3 rings (SSSR count). The molecule has 1 atom stereocenters. The molecule has 1 amide bonds. The van der Waals surface area contributed by atoms with Crippen LogP contribution in [0.2, 0.25) is 5.02 Å². The molecule has 8 heteroatoms. The van der Waals surface area contributed by atoms with E-state index in [9.17, 15) is 4.79 Å². The van der Waals surface area contributed by atoms with Crippen LogP contribution >= 0.6 is 23.4 Å². The van der Waals surface area contributed by atoms with Gasteiger partial charge in [0.05, 0.1) is 5.25 Å². The Morgan fingerprint density at radius 3 is 2.79 bits per heavy atom. The third-order valence-electron chi connectivity index (χ3n) is 3.75. The minimum absolute atomic E-state index is 0.154. The Morgan fingerprint density at radius 1 is 1.38 bits per heavy atom. The molecular formula is C16H19ClN4O2S. The summed E-state index contributed by atoms with van der Waals surface area (Å²) in [6, 6.07) is 7.13. The van der Waals surface area contributed by atoms with Crippen molar-refractivity contribution in [3.05, 3.63) is 35.1 Å². The van der Waals surface area contributed by atoms with Crippen LogP contribution in [0.3, 0.4) is 0 Å². The van der Waals surface area contributed by atoms with Crippen molar-refractivity contribution in [3.63, 3.8) is 0 Å². The van der Waals surface area contributed by atoms with Gasteiger partial charge in [0.1, 0.15) is 12.4 Å². The monoisotopic (exact) mass is 366 g/mol. The number of nitrogens with zero attached hydrogens (tertiary/aromatic N) is 3. The average Bonchev–Trinajstić information content (AvgIpc) is 3.25. The number of carbonyl (C=O) groups is 1. The fourth-order valence-electron chi connectivity index (χ4n) is 2.48. The molecule has 1 N–H and O–H groups in total. The highest BCUT2D eigenvalue weighted by Gasteiger charge is 2.25. The fourth-order valence-corrected chi connectivity index (χ4v) is 3.43. The van der Waals surface area contributed by atoms with Gasteiger partial charge in [0.25, 0.3) is 0 Å². The molecule has 0 bridgehead atoms. The second kappa shape index (κ2) is 7.90. The number of hydrogen-bond donors (Lipinski definition) is 1. The van der Waals surface area contributed by atoms with Crippen LogP contribution < -0.4 is 4.74 Å². The zero-order chi connectivity index (χ0) is 16.9. The van der Waals surface area contributed by atoms with E-state index in [4.69, 9.17) is 16.3 Å². The highest BCUT2D eigenvalue weighted by Crippen LogP contribution is 2.23. The lowest BCUT2D eigenvalue weighted by Gasteiger charge is -2.18. The van der Waals surface area contributed by atoms with Crippen molar-refractivity contribution in [2.75, 3.05) is 13.1 Å². The van der Waals surface area contributed by atoms with Crippen molar-refractivity contribution in [2.45, 2.75) is 36.8 Å². The number of H-pyrrole nitrogens is 1. The van der Waals surface area contributed by atoms with Gasteiger partial charge in [-0.25, -0.2) is 4.98 Å². The first-order chi connectivity index (χ1) is 11.6. The highest BCUT2D eigenvalue weighted by atomic mass is 35.5. The number of ether oxygens (including phenoxy) is 1. The van der Waals surface area contributed by atoms with Crippen LogP contribution in [0, 0.1) is 0 Å². The van der Waals surface area contributed by atoms with Gasteiger partial charge in [-0.1, -0.05) is 23.4 Å². The van der Waals surface area contributed by atoms with E-state index >= 15 is 0 Å². The van der Waals surface area contributed by atoms with E-state index in [2.05, 4.69) is 15.2 Å². The number of thioether (sulfide) groups is 1. The molecule has 1 saturated heterocycles. The second-order valence-corrected chi connectivity index (χ2v) is 7.34. The summed E-state index contributed by atoms with van der Waals surface area (Å²) >= 11 is 7.20. The van der Waals surface area contributed by atoms with Crippen LogP contribution in [0.15, 0.2) is 29.4 Å². The number of aromatic nitrogens is 3. The Hall–Kier alpha value is -1.73. The Bertz CT molecular complexity index is 686. The SMILES string of the molecule is CC(Sc1n[nH]c(COc2ccc(Cl)cc2)n1)C(=O)N1CCCC1. The molecule has 1 aliphatic heterocycles. The molecule has 1 fully saturated rings. The van der Waals surface area contributed by atoms with Crippen LogP contribution in [0.25, 0.3) is 0 Å². The predicted octanol–water partition coefficient (Wildman–Crippen LogP) is 3.14. The van der Waals surface area contributed by atoms with Crippen molar-refractivity contribution in [2.24, 2.45) is 0 Å². The minimum atomic E-state index is -0.191. The summed E-state index contributed by atoms with van der Waals surface area (Å²) in [4.78, 5) is 18.6. The quantitative estimate of drug-likeness (QED) is 0.795. The van der Waals surface area contributed by atoms with Crippen LogP contribution in [0.1, 0.15) is 25.6 Å². The summed E-state index contributed by atoms with van der Waals surface area (Å²) in [5, 5.41) is 8.02. The Labute approximate surface area is 149 Å². The van der Waals surface area contributed by atoms with Crippen molar-refractivity contribution in [1.82, 2.24) is 20.1 Å². The number of aromatic amines is 1. The van der Waals surface area contributed by atoms with Gasteiger partial charge in [0, 0.05) is 18.1 Å². The Balaban J connectivity index is 1.51. The van der Waals surface area contributed by atoms with Crippen LogP contribution in [-0.4, -0.2) is 44.3 Å². The summed E-state index contributed by atoms with van der Waals surface area (Å²) < 4.78 is 5.62. The Kier molecular flexibility index (Phi) is 5.63.